The molecule has 1 rings (SSSR count). The van der Waals surface area contributed by atoms with Crippen LogP contribution in [0.25, 0.3) is 0 Å². The van der Waals surface area contributed by atoms with Crippen LogP contribution in [0.2, 0.25) is 0 Å². The first-order valence-corrected chi connectivity index (χ1v) is 9.38. The van der Waals surface area contributed by atoms with E-state index in [1.54, 1.807) is 13.8 Å². The van der Waals surface area contributed by atoms with Crippen molar-refractivity contribution in [3.05, 3.63) is 24.3 Å². The van der Waals surface area contributed by atoms with Gasteiger partial charge in [-0.25, -0.2) is 16.8 Å². The van der Waals surface area contributed by atoms with E-state index in [1.807, 2.05) is 0 Å². The largest absolute Gasteiger partial charge is 0.480 e. The number of hydrogen-bond donors (Lipinski definition) is 2. The summed E-state index contributed by atoms with van der Waals surface area (Å²) in [5, 5.41) is 9.00. The fourth-order valence-electron chi connectivity index (χ4n) is 1.57. The topological polar surface area (TPSA) is 118 Å². The summed E-state index contributed by atoms with van der Waals surface area (Å²) in [6.45, 7) is 3.15. The summed E-state index contributed by atoms with van der Waals surface area (Å²) in [5.74, 6) is -1.71. The van der Waals surface area contributed by atoms with Crippen molar-refractivity contribution in [1.29, 1.82) is 0 Å². The van der Waals surface area contributed by atoms with Gasteiger partial charge in [-0.1, -0.05) is 13.8 Å². The van der Waals surface area contributed by atoms with E-state index < -0.39 is 37.8 Å². The van der Waals surface area contributed by atoms with Crippen LogP contribution in [0.15, 0.2) is 34.1 Å². The molecule has 1 aromatic carbocycles. The molecule has 0 heterocycles. The fourth-order valence-corrected chi connectivity index (χ4v) is 3.54. The van der Waals surface area contributed by atoms with Crippen molar-refractivity contribution in [2.24, 2.45) is 5.92 Å². The molecule has 0 radical (unpaired) electrons. The average molecular weight is 335 g/mol. The Morgan fingerprint density at radius 1 is 1.05 bits per heavy atom. The number of nitrogens with one attached hydrogen (secondary N) is 1. The molecule has 0 aliphatic rings. The maximum absolute atomic E-state index is 12.1. The quantitative estimate of drug-likeness (QED) is 0.780. The molecule has 0 aromatic heterocycles. The Kier molecular flexibility index (Phi) is 5.13. The van der Waals surface area contributed by atoms with Crippen molar-refractivity contribution in [2.45, 2.75) is 29.7 Å². The lowest BCUT2D eigenvalue weighted by atomic mass is 10.1. The van der Waals surface area contributed by atoms with Crippen molar-refractivity contribution in [2.75, 3.05) is 6.26 Å². The smallest absolute Gasteiger partial charge is 0.322 e. The summed E-state index contributed by atoms with van der Waals surface area (Å²) in [6, 6.07) is 3.31. The van der Waals surface area contributed by atoms with Crippen LogP contribution >= 0.6 is 0 Å². The van der Waals surface area contributed by atoms with E-state index in [0.29, 0.717) is 0 Å². The van der Waals surface area contributed by atoms with Crippen molar-refractivity contribution in [3.63, 3.8) is 0 Å². The van der Waals surface area contributed by atoms with Crippen molar-refractivity contribution < 1.29 is 26.7 Å². The highest BCUT2D eigenvalue weighted by Crippen LogP contribution is 2.15. The van der Waals surface area contributed by atoms with Gasteiger partial charge in [-0.3, -0.25) is 4.79 Å². The number of rotatable bonds is 6. The van der Waals surface area contributed by atoms with E-state index in [4.69, 9.17) is 5.11 Å². The number of carboxylic acids is 1. The summed E-state index contributed by atoms with van der Waals surface area (Å²) in [6.07, 6.45) is 1.01. The Bertz CT molecular complexity index is 720. The molecule has 0 bridgehead atoms. The second kappa shape index (κ2) is 6.12. The third-order valence-corrected chi connectivity index (χ3v) is 5.36. The first-order valence-electron chi connectivity index (χ1n) is 6.00. The Morgan fingerprint density at radius 2 is 1.48 bits per heavy atom. The third-order valence-electron chi connectivity index (χ3n) is 2.78. The van der Waals surface area contributed by atoms with Crippen LogP contribution in [0.3, 0.4) is 0 Å². The highest BCUT2D eigenvalue weighted by molar-refractivity contribution is 7.90. The van der Waals surface area contributed by atoms with E-state index in [2.05, 4.69) is 4.72 Å². The molecular formula is C12H17NO6S2. The Hall–Kier alpha value is -1.45. The predicted octanol–water partition coefficient (Wildman–Crippen LogP) is 0.478. The van der Waals surface area contributed by atoms with Crippen molar-refractivity contribution in [3.8, 4) is 0 Å². The molecule has 7 nitrogen and oxygen atoms in total. The number of benzene rings is 1. The molecule has 0 unspecified atom stereocenters. The van der Waals surface area contributed by atoms with Gasteiger partial charge in [0.1, 0.15) is 6.04 Å². The average Bonchev–Trinajstić information content (AvgIpc) is 2.34. The molecule has 0 aliphatic heterocycles. The normalized spacial score (nSPS) is 14.1. The highest BCUT2D eigenvalue weighted by Gasteiger charge is 2.28. The number of carbonyl (C=O) groups is 1. The molecule has 9 heteroatoms. The highest BCUT2D eigenvalue weighted by atomic mass is 32.2. The van der Waals surface area contributed by atoms with Gasteiger partial charge in [-0.05, 0) is 30.2 Å². The lowest BCUT2D eigenvalue weighted by molar-refractivity contribution is -0.140. The zero-order valence-electron chi connectivity index (χ0n) is 11.8. The zero-order chi connectivity index (χ0) is 16.4. The van der Waals surface area contributed by atoms with Crippen LogP contribution in [-0.4, -0.2) is 40.2 Å². The van der Waals surface area contributed by atoms with Gasteiger partial charge in [-0.2, -0.15) is 4.72 Å². The van der Waals surface area contributed by atoms with Gasteiger partial charge in [0.2, 0.25) is 10.0 Å². The third kappa shape index (κ3) is 4.51. The number of sulfonamides is 1. The molecule has 0 fully saturated rings. The maximum Gasteiger partial charge on any atom is 0.322 e. The summed E-state index contributed by atoms with van der Waals surface area (Å²) in [5.41, 5.74) is 0. The standard InChI is InChI=1S/C12H17NO6S2/c1-8(2)11(12(14)15)13-21(18,19)10-6-4-9(5-7-10)20(3,16)17/h4-8,11,13H,1-3H3,(H,14,15)/t11-/m0/s1. The zero-order valence-corrected chi connectivity index (χ0v) is 13.4. The van der Waals surface area contributed by atoms with Crippen LogP contribution in [0.5, 0.6) is 0 Å². The monoisotopic (exact) mass is 335 g/mol. The van der Waals surface area contributed by atoms with Crippen LogP contribution in [0.4, 0.5) is 0 Å². The first-order chi connectivity index (χ1) is 9.45. The number of aliphatic carboxylic acids is 1. The van der Waals surface area contributed by atoms with Gasteiger partial charge in [0.15, 0.2) is 9.84 Å². The second-order valence-corrected chi connectivity index (χ2v) is 8.65. The van der Waals surface area contributed by atoms with Crippen LogP contribution in [0.1, 0.15) is 13.8 Å². The van der Waals surface area contributed by atoms with E-state index in [9.17, 15) is 21.6 Å². The molecule has 1 atom stereocenters. The van der Waals surface area contributed by atoms with Crippen LogP contribution < -0.4 is 4.72 Å². The lowest BCUT2D eigenvalue weighted by Gasteiger charge is -2.18. The predicted molar refractivity (Wildman–Crippen MR) is 76.1 cm³/mol. The molecule has 21 heavy (non-hydrogen) atoms. The summed E-state index contributed by atoms with van der Waals surface area (Å²) in [7, 11) is -7.46. The van der Waals surface area contributed by atoms with Gasteiger partial charge in [0, 0.05) is 6.26 Å². The summed E-state index contributed by atoms with van der Waals surface area (Å²) < 4.78 is 48.9. The van der Waals surface area contributed by atoms with Gasteiger partial charge < -0.3 is 5.11 Å². The van der Waals surface area contributed by atoms with Gasteiger partial charge >= 0.3 is 5.97 Å². The molecule has 0 saturated heterocycles. The minimum absolute atomic E-state index is 0.0138. The van der Waals surface area contributed by atoms with Crippen molar-refractivity contribution in [1.82, 2.24) is 4.72 Å². The number of carboxylic acid groups (broad SMARTS) is 1. The van der Waals surface area contributed by atoms with E-state index in [-0.39, 0.29) is 9.79 Å². The minimum Gasteiger partial charge on any atom is -0.480 e. The van der Waals surface area contributed by atoms with Gasteiger partial charge in [-0.15, -0.1) is 0 Å². The number of sulfone groups is 1. The van der Waals surface area contributed by atoms with Crippen molar-refractivity contribution >= 4 is 25.8 Å². The van der Waals surface area contributed by atoms with E-state index in [1.165, 1.54) is 0 Å². The fraction of sp³-hybridized carbons (Fsp3) is 0.417. The molecule has 1 aromatic rings. The van der Waals surface area contributed by atoms with Crippen LogP contribution in [0, 0.1) is 5.92 Å². The molecule has 118 valence electrons. The molecule has 0 amide bonds. The Labute approximate surface area is 124 Å². The van der Waals surface area contributed by atoms with Crippen LogP contribution in [-0.2, 0) is 24.7 Å². The second-order valence-electron chi connectivity index (χ2n) is 4.92. The van der Waals surface area contributed by atoms with Gasteiger partial charge in [0.25, 0.3) is 0 Å². The maximum atomic E-state index is 12.1. The van der Waals surface area contributed by atoms with E-state index >= 15 is 0 Å². The van der Waals surface area contributed by atoms with E-state index in [0.717, 1.165) is 30.5 Å². The summed E-state index contributed by atoms with van der Waals surface area (Å²) >= 11 is 0. The SMILES string of the molecule is CC(C)[C@H](NS(=O)(=O)c1ccc(S(C)(=O)=O)cc1)C(=O)O. The Morgan fingerprint density at radius 3 is 1.81 bits per heavy atom. The molecule has 2 N–H and O–H groups in total. The lowest BCUT2D eigenvalue weighted by Crippen LogP contribution is -2.44. The Balaban J connectivity index is 3.11. The molecule has 0 spiro atoms. The minimum atomic E-state index is -4.04. The first kappa shape index (κ1) is 17.6. The summed E-state index contributed by atoms with van der Waals surface area (Å²) in [4.78, 5) is 10.8. The molecule has 0 aliphatic carbocycles. The number of hydrogen-bond acceptors (Lipinski definition) is 5. The molecule has 0 saturated carbocycles. The van der Waals surface area contributed by atoms with Gasteiger partial charge in [0.05, 0.1) is 9.79 Å². The molecular weight excluding hydrogens is 318 g/mol.